The first-order valence-corrected chi connectivity index (χ1v) is 8.03. The number of rotatable bonds is 4. The Morgan fingerprint density at radius 2 is 1.87 bits per heavy atom. The molecule has 1 amide bonds. The van der Waals surface area contributed by atoms with Crippen LogP contribution in [0.25, 0.3) is 0 Å². The van der Waals surface area contributed by atoms with Crippen molar-refractivity contribution in [3.63, 3.8) is 0 Å². The molecular weight excluding hydrogens is 284 g/mol. The summed E-state index contributed by atoms with van der Waals surface area (Å²) in [6, 6.07) is 16.5. The molecule has 1 fully saturated rings. The number of nitrogens with one attached hydrogen (secondary N) is 1. The van der Waals surface area contributed by atoms with Crippen LogP contribution in [0.3, 0.4) is 0 Å². The molecule has 3 rings (SSSR count). The molecule has 0 aliphatic heterocycles. The lowest BCUT2D eigenvalue weighted by Crippen LogP contribution is -2.21. The zero-order chi connectivity index (χ0) is 16.4. The zero-order valence-electron chi connectivity index (χ0n) is 13.8. The van der Waals surface area contributed by atoms with Crippen LogP contribution < -0.4 is 5.43 Å². The molecule has 1 aliphatic rings. The van der Waals surface area contributed by atoms with Crippen molar-refractivity contribution in [3.8, 4) is 0 Å². The second-order valence-electron chi connectivity index (χ2n) is 6.35. The molecule has 3 nitrogen and oxygen atoms in total. The largest absolute Gasteiger partial charge is 0.273 e. The van der Waals surface area contributed by atoms with E-state index in [2.05, 4.69) is 54.7 Å². The highest BCUT2D eigenvalue weighted by molar-refractivity contribution is 6.00. The van der Waals surface area contributed by atoms with Crippen LogP contribution in [0.2, 0.25) is 0 Å². The molecule has 1 N–H and O–H groups in total. The van der Waals surface area contributed by atoms with E-state index in [1.165, 1.54) is 16.7 Å². The molecule has 118 valence electrons. The summed E-state index contributed by atoms with van der Waals surface area (Å²) in [4.78, 5) is 12.2. The first-order valence-electron chi connectivity index (χ1n) is 8.03. The van der Waals surface area contributed by atoms with Crippen LogP contribution in [0.15, 0.2) is 53.6 Å². The molecule has 0 aromatic heterocycles. The van der Waals surface area contributed by atoms with Crippen LogP contribution in [0.5, 0.6) is 0 Å². The van der Waals surface area contributed by atoms with Gasteiger partial charge in [-0.3, -0.25) is 4.79 Å². The van der Waals surface area contributed by atoms with Crippen molar-refractivity contribution in [1.82, 2.24) is 5.43 Å². The third kappa shape index (κ3) is 3.50. The van der Waals surface area contributed by atoms with Gasteiger partial charge in [-0.05, 0) is 44.2 Å². The highest BCUT2D eigenvalue weighted by Gasteiger charge is 2.43. The lowest BCUT2D eigenvalue weighted by molar-refractivity contribution is -0.122. The Balaban J connectivity index is 1.63. The minimum Gasteiger partial charge on any atom is -0.273 e. The lowest BCUT2D eigenvalue weighted by atomic mass is 10.0. The predicted octanol–water partition coefficient (Wildman–Crippen LogP) is 3.95. The standard InChI is InChI=1S/C20H22N2O/c1-13-9-10-17(14(2)11-13)15(3)21-22-20(23)19-12-18(19)16-7-5-4-6-8-16/h4-11,18-19H,12H2,1-3H3,(H,22,23)/b21-15-/t18-,19+/m1/s1. The van der Waals surface area contributed by atoms with E-state index >= 15 is 0 Å². The van der Waals surface area contributed by atoms with Gasteiger partial charge in [0.05, 0.1) is 5.71 Å². The highest BCUT2D eigenvalue weighted by Crippen LogP contribution is 2.47. The number of hydrogen-bond acceptors (Lipinski definition) is 2. The summed E-state index contributed by atoms with van der Waals surface area (Å²) in [5, 5.41) is 4.29. The molecule has 0 unspecified atom stereocenters. The first kappa shape index (κ1) is 15.5. The molecule has 0 saturated heterocycles. The summed E-state index contributed by atoms with van der Waals surface area (Å²) in [5.41, 5.74) is 8.29. The van der Waals surface area contributed by atoms with E-state index < -0.39 is 0 Å². The SMILES string of the molecule is C/C(=N/NC(=O)[C@H]1C[C@@H]1c1ccccc1)c1ccc(C)cc1C. The van der Waals surface area contributed by atoms with Gasteiger partial charge in [-0.2, -0.15) is 5.10 Å². The lowest BCUT2D eigenvalue weighted by Gasteiger charge is -2.07. The average Bonchev–Trinajstić information content (AvgIpc) is 3.34. The van der Waals surface area contributed by atoms with Crippen LogP contribution in [-0.4, -0.2) is 11.6 Å². The van der Waals surface area contributed by atoms with E-state index in [1.807, 2.05) is 25.1 Å². The fourth-order valence-corrected chi connectivity index (χ4v) is 3.06. The Morgan fingerprint density at radius 3 is 2.57 bits per heavy atom. The van der Waals surface area contributed by atoms with Crippen LogP contribution in [-0.2, 0) is 4.79 Å². The number of nitrogens with zero attached hydrogens (tertiary/aromatic N) is 1. The predicted molar refractivity (Wildman–Crippen MR) is 93.6 cm³/mol. The normalized spacial score (nSPS) is 20.2. The van der Waals surface area contributed by atoms with E-state index in [0.29, 0.717) is 5.92 Å². The Kier molecular flexibility index (Phi) is 4.28. The number of carbonyl (C=O) groups is 1. The number of carbonyl (C=O) groups excluding carboxylic acids is 1. The summed E-state index contributed by atoms with van der Waals surface area (Å²) in [7, 11) is 0. The Labute approximate surface area is 137 Å². The number of benzene rings is 2. The van der Waals surface area contributed by atoms with Gasteiger partial charge in [0.25, 0.3) is 0 Å². The van der Waals surface area contributed by atoms with Gasteiger partial charge in [-0.25, -0.2) is 5.43 Å². The van der Waals surface area contributed by atoms with Gasteiger partial charge in [0.2, 0.25) is 5.91 Å². The summed E-state index contributed by atoms with van der Waals surface area (Å²) >= 11 is 0. The molecule has 0 spiro atoms. The maximum atomic E-state index is 12.2. The van der Waals surface area contributed by atoms with Crippen LogP contribution in [0, 0.1) is 19.8 Å². The summed E-state index contributed by atoms with van der Waals surface area (Å²) < 4.78 is 0. The maximum Gasteiger partial charge on any atom is 0.243 e. The second kappa shape index (κ2) is 6.37. The third-order valence-electron chi connectivity index (χ3n) is 4.46. The van der Waals surface area contributed by atoms with Gasteiger partial charge in [0.1, 0.15) is 0 Å². The molecule has 0 radical (unpaired) electrons. The molecule has 0 bridgehead atoms. The van der Waals surface area contributed by atoms with Crippen molar-refractivity contribution in [3.05, 3.63) is 70.8 Å². The minimum atomic E-state index is 0.0166. The monoisotopic (exact) mass is 306 g/mol. The highest BCUT2D eigenvalue weighted by atomic mass is 16.2. The Hall–Kier alpha value is -2.42. The molecule has 2 aromatic rings. The molecule has 2 atom stereocenters. The zero-order valence-corrected chi connectivity index (χ0v) is 13.8. The minimum absolute atomic E-state index is 0.0166. The molecule has 1 aliphatic carbocycles. The Bertz CT molecular complexity index is 749. The smallest absolute Gasteiger partial charge is 0.243 e. The summed E-state index contributed by atoms with van der Waals surface area (Å²) in [5.74, 6) is 0.406. The van der Waals surface area contributed by atoms with Crippen molar-refractivity contribution in [2.24, 2.45) is 11.0 Å². The van der Waals surface area contributed by atoms with Crippen LogP contribution in [0.1, 0.15) is 41.5 Å². The molecule has 23 heavy (non-hydrogen) atoms. The first-order chi connectivity index (χ1) is 11.1. The van der Waals surface area contributed by atoms with E-state index in [-0.39, 0.29) is 11.8 Å². The number of amides is 1. The fraction of sp³-hybridized carbons (Fsp3) is 0.300. The molecule has 1 saturated carbocycles. The average molecular weight is 306 g/mol. The molecule has 2 aromatic carbocycles. The van der Waals surface area contributed by atoms with Crippen molar-refractivity contribution in [2.75, 3.05) is 0 Å². The topological polar surface area (TPSA) is 41.5 Å². The van der Waals surface area contributed by atoms with Gasteiger partial charge < -0.3 is 0 Å². The van der Waals surface area contributed by atoms with Crippen molar-refractivity contribution in [2.45, 2.75) is 33.1 Å². The van der Waals surface area contributed by atoms with E-state index in [4.69, 9.17) is 0 Å². The summed E-state index contributed by atoms with van der Waals surface area (Å²) in [6.45, 7) is 6.07. The van der Waals surface area contributed by atoms with Gasteiger partial charge in [-0.15, -0.1) is 0 Å². The van der Waals surface area contributed by atoms with E-state index in [9.17, 15) is 4.79 Å². The fourth-order valence-electron chi connectivity index (χ4n) is 3.06. The molecule has 3 heteroatoms. The van der Waals surface area contributed by atoms with Crippen LogP contribution >= 0.6 is 0 Å². The van der Waals surface area contributed by atoms with Gasteiger partial charge in [-0.1, -0.05) is 54.1 Å². The van der Waals surface area contributed by atoms with Gasteiger partial charge in [0.15, 0.2) is 0 Å². The number of hydrogen-bond donors (Lipinski definition) is 1. The molecule has 0 heterocycles. The number of hydrazone groups is 1. The second-order valence-corrected chi connectivity index (χ2v) is 6.35. The van der Waals surface area contributed by atoms with E-state index in [0.717, 1.165) is 17.7 Å². The van der Waals surface area contributed by atoms with E-state index in [1.54, 1.807) is 0 Å². The quantitative estimate of drug-likeness (QED) is 0.674. The Morgan fingerprint density at radius 1 is 1.13 bits per heavy atom. The summed E-state index contributed by atoms with van der Waals surface area (Å²) in [6.07, 6.45) is 0.911. The third-order valence-corrected chi connectivity index (χ3v) is 4.46. The maximum absolute atomic E-state index is 12.2. The van der Waals surface area contributed by atoms with Gasteiger partial charge >= 0.3 is 0 Å². The number of aryl methyl sites for hydroxylation is 2. The molecular formula is C20H22N2O. The van der Waals surface area contributed by atoms with Crippen molar-refractivity contribution in [1.29, 1.82) is 0 Å². The van der Waals surface area contributed by atoms with Crippen molar-refractivity contribution < 1.29 is 4.79 Å². The van der Waals surface area contributed by atoms with Crippen molar-refractivity contribution >= 4 is 11.6 Å². The van der Waals surface area contributed by atoms with Crippen LogP contribution in [0.4, 0.5) is 0 Å². The van der Waals surface area contributed by atoms with Gasteiger partial charge in [0, 0.05) is 11.5 Å².